The minimum Gasteiger partial charge on any atom is -0.348 e. The highest BCUT2D eigenvalue weighted by Gasteiger charge is 2.22. The molecule has 1 heterocycles. The van der Waals surface area contributed by atoms with Gasteiger partial charge in [0.15, 0.2) is 0 Å². The maximum absolute atomic E-state index is 14.3. The molecule has 0 unspecified atom stereocenters. The van der Waals surface area contributed by atoms with Crippen LogP contribution in [0.1, 0.15) is 36.3 Å². The number of nitrogens with zero attached hydrogens (tertiary/aromatic N) is 3. The number of hydrogen-bond acceptors (Lipinski definition) is 4. The number of amides is 1. The van der Waals surface area contributed by atoms with Crippen LogP contribution in [0.25, 0.3) is 5.69 Å². The fourth-order valence-electron chi connectivity index (χ4n) is 2.74. The molecule has 0 aliphatic rings. The van der Waals surface area contributed by atoms with E-state index < -0.39 is 28.7 Å². The number of nitrogens with one attached hydrogen (secondary N) is 1. The van der Waals surface area contributed by atoms with Crippen LogP contribution in [0.4, 0.5) is 4.39 Å². The molecule has 2 aromatic carbocycles. The molecule has 0 spiro atoms. The van der Waals surface area contributed by atoms with Crippen LogP contribution in [0.3, 0.4) is 0 Å². The molecule has 0 fully saturated rings. The molecule has 0 saturated carbocycles. The lowest BCUT2D eigenvalue weighted by Gasteiger charge is -2.14. The van der Waals surface area contributed by atoms with Crippen molar-refractivity contribution >= 4 is 5.91 Å². The first kappa shape index (κ1) is 20.2. The van der Waals surface area contributed by atoms with Gasteiger partial charge in [-0.3, -0.25) is 14.2 Å². The molecule has 7 nitrogen and oxygen atoms in total. The number of benzene rings is 2. The van der Waals surface area contributed by atoms with E-state index in [0.29, 0.717) is 12.0 Å². The number of rotatable bonds is 6. The Balaban J connectivity index is 2.21. The van der Waals surface area contributed by atoms with Crippen molar-refractivity contribution in [3.8, 4) is 5.69 Å². The average Bonchev–Trinajstić information content (AvgIpc) is 2.72. The highest BCUT2D eigenvalue weighted by molar-refractivity contribution is 5.91. The van der Waals surface area contributed by atoms with Crippen LogP contribution < -0.4 is 16.6 Å². The summed E-state index contributed by atoms with van der Waals surface area (Å²) in [6, 6.07) is 14.2. The molecular formula is C21H21FN4O3. The standard InChI is InChI=1S/C21H21FN4O3/c1-3-14(2)23-19(27)18-20(28)25(13-15-9-5-4-6-10-15)21(29)26(24-18)17-12-8-7-11-16(17)22/h4-12,14H,3,13H2,1-2H3,(H,23,27)/t14-/m1/s1. The zero-order valence-corrected chi connectivity index (χ0v) is 16.1. The third-order valence-corrected chi connectivity index (χ3v) is 4.53. The fraction of sp³-hybridized carbons (Fsp3) is 0.238. The quantitative estimate of drug-likeness (QED) is 0.692. The van der Waals surface area contributed by atoms with Gasteiger partial charge in [0, 0.05) is 6.04 Å². The lowest BCUT2D eigenvalue weighted by atomic mass is 10.2. The Morgan fingerprint density at radius 3 is 2.41 bits per heavy atom. The molecule has 8 heteroatoms. The highest BCUT2D eigenvalue weighted by atomic mass is 19.1. The minimum absolute atomic E-state index is 0.0703. The lowest BCUT2D eigenvalue weighted by molar-refractivity contribution is 0.0929. The molecule has 150 valence electrons. The Morgan fingerprint density at radius 1 is 1.10 bits per heavy atom. The van der Waals surface area contributed by atoms with Crippen molar-refractivity contribution < 1.29 is 9.18 Å². The molecule has 29 heavy (non-hydrogen) atoms. The summed E-state index contributed by atoms with van der Waals surface area (Å²) in [5.74, 6) is -1.41. The molecule has 0 radical (unpaired) electrons. The zero-order chi connectivity index (χ0) is 21.0. The third kappa shape index (κ3) is 4.31. The van der Waals surface area contributed by atoms with Crippen LogP contribution in [0.5, 0.6) is 0 Å². The largest absolute Gasteiger partial charge is 0.352 e. The van der Waals surface area contributed by atoms with E-state index in [1.807, 2.05) is 13.0 Å². The second-order valence-corrected chi connectivity index (χ2v) is 6.65. The second-order valence-electron chi connectivity index (χ2n) is 6.65. The molecule has 0 bridgehead atoms. The van der Waals surface area contributed by atoms with Gasteiger partial charge in [0.05, 0.1) is 6.54 Å². The van der Waals surface area contributed by atoms with E-state index in [-0.39, 0.29) is 18.3 Å². The number of carbonyl (C=O) groups excluding carboxylic acids is 1. The van der Waals surface area contributed by atoms with Crippen molar-refractivity contribution in [1.82, 2.24) is 19.7 Å². The molecule has 3 rings (SSSR count). The van der Waals surface area contributed by atoms with E-state index in [9.17, 15) is 18.8 Å². The van der Waals surface area contributed by atoms with E-state index in [4.69, 9.17) is 0 Å². The number of halogens is 1. The topological polar surface area (TPSA) is 86.0 Å². The summed E-state index contributed by atoms with van der Waals surface area (Å²) in [6.45, 7) is 3.60. The van der Waals surface area contributed by atoms with Crippen molar-refractivity contribution in [3.63, 3.8) is 0 Å². The summed E-state index contributed by atoms with van der Waals surface area (Å²) in [6.07, 6.45) is 0.650. The van der Waals surface area contributed by atoms with Gasteiger partial charge in [-0.2, -0.15) is 9.78 Å². The Hall–Kier alpha value is -3.55. The van der Waals surface area contributed by atoms with Crippen molar-refractivity contribution in [2.45, 2.75) is 32.9 Å². The lowest BCUT2D eigenvalue weighted by Crippen LogP contribution is -2.47. The van der Waals surface area contributed by atoms with Gasteiger partial charge in [-0.15, -0.1) is 0 Å². The number of aromatic nitrogens is 3. The van der Waals surface area contributed by atoms with Gasteiger partial charge >= 0.3 is 5.69 Å². The van der Waals surface area contributed by atoms with Gasteiger partial charge in [-0.1, -0.05) is 49.4 Å². The molecule has 1 atom stereocenters. The van der Waals surface area contributed by atoms with Gasteiger partial charge in [0.1, 0.15) is 11.5 Å². The summed E-state index contributed by atoms with van der Waals surface area (Å²) >= 11 is 0. The van der Waals surface area contributed by atoms with Crippen LogP contribution >= 0.6 is 0 Å². The van der Waals surface area contributed by atoms with Crippen LogP contribution in [0, 0.1) is 5.82 Å². The normalized spacial score (nSPS) is 11.8. The molecule has 1 aromatic heterocycles. The zero-order valence-electron chi connectivity index (χ0n) is 16.1. The number of carbonyl (C=O) groups is 1. The first-order valence-corrected chi connectivity index (χ1v) is 9.26. The first-order valence-electron chi connectivity index (χ1n) is 9.26. The molecule has 0 aliphatic carbocycles. The van der Waals surface area contributed by atoms with E-state index in [1.54, 1.807) is 31.2 Å². The van der Waals surface area contributed by atoms with Gasteiger partial charge in [-0.25, -0.2) is 9.18 Å². The van der Waals surface area contributed by atoms with Gasteiger partial charge in [-0.05, 0) is 31.0 Å². The van der Waals surface area contributed by atoms with E-state index >= 15 is 0 Å². The Morgan fingerprint density at radius 2 is 1.76 bits per heavy atom. The Kier molecular flexibility index (Phi) is 6.01. The smallest absolute Gasteiger partial charge is 0.348 e. The van der Waals surface area contributed by atoms with Crippen LogP contribution in [0.15, 0.2) is 64.2 Å². The summed E-state index contributed by atoms with van der Waals surface area (Å²) < 4.78 is 16.0. The highest BCUT2D eigenvalue weighted by Crippen LogP contribution is 2.09. The Labute approximate surface area is 166 Å². The number of hydrogen-bond donors (Lipinski definition) is 1. The van der Waals surface area contributed by atoms with Crippen molar-refractivity contribution in [3.05, 3.63) is 92.5 Å². The summed E-state index contributed by atoms with van der Waals surface area (Å²) in [4.78, 5) is 38.5. The number of para-hydroxylation sites is 1. The third-order valence-electron chi connectivity index (χ3n) is 4.53. The molecule has 3 aromatic rings. The van der Waals surface area contributed by atoms with Crippen LogP contribution in [-0.2, 0) is 6.54 Å². The average molecular weight is 396 g/mol. The first-order chi connectivity index (χ1) is 13.9. The minimum atomic E-state index is -0.830. The molecule has 1 N–H and O–H groups in total. The SMILES string of the molecule is CC[C@@H](C)NC(=O)c1nn(-c2ccccc2F)c(=O)n(Cc2ccccc2)c1=O. The molecule has 1 amide bonds. The molecule has 0 aliphatic heterocycles. The van der Waals surface area contributed by atoms with Gasteiger partial charge in [0.2, 0.25) is 5.69 Å². The van der Waals surface area contributed by atoms with Crippen molar-refractivity contribution in [1.29, 1.82) is 0 Å². The predicted octanol–water partition coefficient (Wildman–Crippen LogP) is 2.11. The maximum Gasteiger partial charge on any atom is 0.352 e. The van der Waals surface area contributed by atoms with E-state index in [2.05, 4.69) is 10.4 Å². The Bertz CT molecular complexity index is 1140. The molecular weight excluding hydrogens is 375 g/mol. The molecule has 0 saturated heterocycles. The van der Waals surface area contributed by atoms with Crippen LogP contribution in [-0.4, -0.2) is 26.3 Å². The maximum atomic E-state index is 14.3. The second kappa shape index (κ2) is 8.64. The summed E-state index contributed by atoms with van der Waals surface area (Å²) in [5.41, 5.74) is -1.58. The van der Waals surface area contributed by atoms with E-state index in [1.165, 1.54) is 24.3 Å². The monoisotopic (exact) mass is 396 g/mol. The van der Waals surface area contributed by atoms with Crippen molar-refractivity contribution in [2.24, 2.45) is 0 Å². The fourth-order valence-corrected chi connectivity index (χ4v) is 2.74. The van der Waals surface area contributed by atoms with Gasteiger partial charge in [0.25, 0.3) is 11.5 Å². The predicted molar refractivity (Wildman–Crippen MR) is 107 cm³/mol. The summed E-state index contributed by atoms with van der Waals surface area (Å²) in [7, 11) is 0. The van der Waals surface area contributed by atoms with Crippen LogP contribution in [0.2, 0.25) is 0 Å². The van der Waals surface area contributed by atoms with Crippen molar-refractivity contribution in [2.75, 3.05) is 0 Å². The summed E-state index contributed by atoms with van der Waals surface area (Å²) in [5, 5.41) is 6.58. The van der Waals surface area contributed by atoms with Gasteiger partial charge < -0.3 is 5.32 Å². The van der Waals surface area contributed by atoms with E-state index in [0.717, 1.165) is 9.25 Å².